The van der Waals surface area contributed by atoms with Crippen molar-refractivity contribution in [3.05, 3.63) is 71.9 Å². The van der Waals surface area contributed by atoms with Crippen LogP contribution in [0.15, 0.2) is 66.4 Å². The first kappa shape index (κ1) is 14.4. The highest BCUT2D eigenvalue weighted by atomic mass is 16.5. The lowest BCUT2D eigenvalue weighted by molar-refractivity contribution is -0.115. The summed E-state index contributed by atoms with van der Waals surface area (Å²) in [4.78, 5) is 12.0. The lowest BCUT2D eigenvalue weighted by Crippen LogP contribution is -2.16. The van der Waals surface area contributed by atoms with Crippen molar-refractivity contribution >= 4 is 11.5 Å². The van der Waals surface area contributed by atoms with Gasteiger partial charge in [0.25, 0.3) is 0 Å². The minimum absolute atomic E-state index is 0.172. The second-order valence-corrected chi connectivity index (χ2v) is 5.51. The van der Waals surface area contributed by atoms with Crippen LogP contribution in [-0.2, 0) is 4.79 Å². The van der Waals surface area contributed by atoms with Gasteiger partial charge < -0.3 is 10.1 Å². The molecule has 1 atom stereocenters. The highest BCUT2D eigenvalue weighted by Gasteiger charge is 2.22. The van der Waals surface area contributed by atoms with Crippen LogP contribution in [0.5, 0.6) is 5.75 Å². The van der Waals surface area contributed by atoms with E-state index in [4.69, 9.17) is 4.74 Å². The number of carbonyl (C=O) groups excluding carboxylic acids is 1. The summed E-state index contributed by atoms with van der Waals surface area (Å²) in [5, 5.41) is 3.35. The third kappa shape index (κ3) is 3.37. The third-order valence-corrected chi connectivity index (χ3v) is 3.92. The number of methoxy groups -OCH3 is 1. The number of anilines is 1. The van der Waals surface area contributed by atoms with E-state index in [0.717, 1.165) is 23.6 Å². The van der Waals surface area contributed by atoms with Gasteiger partial charge >= 0.3 is 0 Å². The molecule has 0 saturated carbocycles. The van der Waals surface area contributed by atoms with Crippen LogP contribution < -0.4 is 10.1 Å². The zero-order valence-corrected chi connectivity index (χ0v) is 12.6. The second-order valence-electron chi connectivity index (χ2n) is 5.51. The van der Waals surface area contributed by atoms with Crippen molar-refractivity contribution in [2.45, 2.75) is 18.8 Å². The number of rotatable bonds is 4. The maximum atomic E-state index is 12.0. The summed E-state index contributed by atoms with van der Waals surface area (Å²) in [6.45, 7) is 0. The molecular formula is C19H19NO2. The third-order valence-electron chi connectivity index (χ3n) is 3.92. The number of nitrogens with one attached hydrogen (secondary N) is 1. The highest BCUT2D eigenvalue weighted by Crippen LogP contribution is 2.32. The largest absolute Gasteiger partial charge is 0.497 e. The summed E-state index contributed by atoms with van der Waals surface area (Å²) in [5.41, 5.74) is 3.16. The Bertz CT molecular complexity index is 674. The molecule has 0 bridgehead atoms. The van der Waals surface area contributed by atoms with Crippen molar-refractivity contribution in [1.29, 1.82) is 0 Å². The Balaban J connectivity index is 1.75. The number of hydrogen-bond acceptors (Lipinski definition) is 3. The van der Waals surface area contributed by atoms with E-state index in [1.165, 1.54) is 5.56 Å². The molecule has 2 aromatic carbocycles. The van der Waals surface area contributed by atoms with Gasteiger partial charge in [0.15, 0.2) is 5.78 Å². The number of ether oxygens (including phenoxy) is 1. The molecule has 0 amide bonds. The van der Waals surface area contributed by atoms with Crippen molar-refractivity contribution in [3.8, 4) is 5.75 Å². The average Bonchev–Trinajstić information content (AvgIpc) is 2.55. The summed E-state index contributed by atoms with van der Waals surface area (Å²) in [7, 11) is 1.66. The standard InChI is InChI=1S/C19H19NO2/c1-22-19-9-7-14(8-10-19)15-11-17(13-18(21)12-15)20-16-5-3-2-4-6-16/h2-10,13,15,20H,11-12H2,1H3/t15-/m0/s1. The van der Waals surface area contributed by atoms with Gasteiger partial charge in [0.1, 0.15) is 5.75 Å². The quantitative estimate of drug-likeness (QED) is 0.920. The molecule has 0 aromatic heterocycles. The number of hydrogen-bond donors (Lipinski definition) is 1. The first-order chi connectivity index (χ1) is 10.7. The van der Waals surface area contributed by atoms with Crippen LogP contribution in [0.4, 0.5) is 5.69 Å². The van der Waals surface area contributed by atoms with E-state index in [1.54, 1.807) is 13.2 Å². The molecule has 3 nitrogen and oxygen atoms in total. The fraction of sp³-hybridized carbons (Fsp3) is 0.211. The number of benzene rings is 2. The predicted octanol–water partition coefficient (Wildman–Crippen LogP) is 4.14. The SMILES string of the molecule is COc1ccc([C@@H]2CC(=O)C=C(Nc3ccccc3)C2)cc1. The Morgan fingerprint density at radius 1 is 1.00 bits per heavy atom. The van der Waals surface area contributed by atoms with E-state index in [1.807, 2.05) is 54.6 Å². The van der Waals surface area contributed by atoms with Crippen molar-refractivity contribution < 1.29 is 9.53 Å². The summed E-state index contributed by atoms with van der Waals surface area (Å²) in [5.74, 6) is 1.23. The van der Waals surface area contributed by atoms with Crippen molar-refractivity contribution in [1.82, 2.24) is 0 Å². The lowest BCUT2D eigenvalue weighted by atomic mass is 9.85. The van der Waals surface area contributed by atoms with Gasteiger partial charge in [0, 0.05) is 23.9 Å². The first-order valence-corrected chi connectivity index (χ1v) is 7.44. The fourth-order valence-electron chi connectivity index (χ4n) is 2.80. The molecule has 1 aliphatic carbocycles. The second kappa shape index (κ2) is 6.48. The molecule has 0 unspecified atom stereocenters. The van der Waals surface area contributed by atoms with E-state index in [-0.39, 0.29) is 11.7 Å². The van der Waals surface area contributed by atoms with Crippen LogP contribution >= 0.6 is 0 Å². The van der Waals surface area contributed by atoms with Crippen LogP contribution in [0, 0.1) is 0 Å². The van der Waals surface area contributed by atoms with Gasteiger partial charge in [-0.1, -0.05) is 30.3 Å². The minimum atomic E-state index is 0.172. The molecule has 0 spiro atoms. The van der Waals surface area contributed by atoms with Gasteiger partial charge in [-0.05, 0) is 42.2 Å². The number of carbonyl (C=O) groups is 1. The van der Waals surface area contributed by atoms with Gasteiger partial charge in [-0.15, -0.1) is 0 Å². The van der Waals surface area contributed by atoms with Crippen molar-refractivity contribution in [3.63, 3.8) is 0 Å². The van der Waals surface area contributed by atoms with Gasteiger partial charge in [-0.3, -0.25) is 4.79 Å². The average molecular weight is 293 g/mol. The summed E-state index contributed by atoms with van der Waals surface area (Å²) < 4.78 is 5.19. The van der Waals surface area contributed by atoms with Crippen LogP contribution in [0.25, 0.3) is 0 Å². The molecule has 22 heavy (non-hydrogen) atoms. The molecule has 2 aromatic rings. The van der Waals surface area contributed by atoms with Gasteiger partial charge in [-0.25, -0.2) is 0 Å². The Hall–Kier alpha value is -2.55. The van der Waals surface area contributed by atoms with E-state index >= 15 is 0 Å². The zero-order chi connectivity index (χ0) is 15.4. The van der Waals surface area contributed by atoms with Crippen LogP contribution in [0.2, 0.25) is 0 Å². The van der Waals surface area contributed by atoms with Crippen molar-refractivity contribution in [2.75, 3.05) is 12.4 Å². The molecule has 0 fully saturated rings. The van der Waals surface area contributed by atoms with E-state index in [2.05, 4.69) is 5.32 Å². The number of para-hydroxylation sites is 1. The maximum absolute atomic E-state index is 12.0. The Morgan fingerprint density at radius 3 is 2.41 bits per heavy atom. The molecular weight excluding hydrogens is 274 g/mol. The van der Waals surface area contributed by atoms with Crippen molar-refractivity contribution in [2.24, 2.45) is 0 Å². The summed E-state index contributed by atoms with van der Waals surface area (Å²) in [6, 6.07) is 17.9. The van der Waals surface area contributed by atoms with Gasteiger partial charge in [-0.2, -0.15) is 0 Å². The maximum Gasteiger partial charge on any atom is 0.158 e. The van der Waals surface area contributed by atoms with Gasteiger partial charge in [0.05, 0.1) is 7.11 Å². The molecule has 0 heterocycles. The van der Waals surface area contributed by atoms with E-state index in [9.17, 15) is 4.79 Å². The van der Waals surface area contributed by atoms with E-state index in [0.29, 0.717) is 6.42 Å². The lowest BCUT2D eigenvalue weighted by Gasteiger charge is -2.23. The Morgan fingerprint density at radius 2 is 1.73 bits per heavy atom. The molecule has 1 aliphatic rings. The molecule has 112 valence electrons. The zero-order valence-electron chi connectivity index (χ0n) is 12.6. The normalized spacial score (nSPS) is 17.8. The monoisotopic (exact) mass is 293 g/mol. The Kier molecular flexibility index (Phi) is 4.24. The van der Waals surface area contributed by atoms with Crippen LogP contribution in [0.3, 0.4) is 0 Å². The minimum Gasteiger partial charge on any atom is -0.497 e. The van der Waals surface area contributed by atoms with Crippen LogP contribution in [-0.4, -0.2) is 12.9 Å². The fourth-order valence-corrected chi connectivity index (χ4v) is 2.80. The molecule has 0 saturated heterocycles. The number of allylic oxidation sites excluding steroid dienone is 2. The molecule has 0 aliphatic heterocycles. The van der Waals surface area contributed by atoms with Crippen LogP contribution in [0.1, 0.15) is 24.3 Å². The summed E-state index contributed by atoms with van der Waals surface area (Å²) >= 11 is 0. The van der Waals surface area contributed by atoms with Gasteiger partial charge in [0.2, 0.25) is 0 Å². The molecule has 3 rings (SSSR count). The molecule has 0 radical (unpaired) electrons. The topological polar surface area (TPSA) is 38.3 Å². The molecule has 3 heteroatoms. The Labute approximate surface area is 130 Å². The highest BCUT2D eigenvalue weighted by molar-refractivity contribution is 5.92. The van der Waals surface area contributed by atoms with E-state index < -0.39 is 0 Å². The predicted molar refractivity (Wildman–Crippen MR) is 88.1 cm³/mol. The smallest absolute Gasteiger partial charge is 0.158 e. The molecule has 1 N–H and O–H groups in total. The first-order valence-electron chi connectivity index (χ1n) is 7.44. The number of ketones is 1. The summed E-state index contributed by atoms with van der Waals surface area (Å²) in [6.07, 6.45) is 3.13.